The van der Waals surface area contributed by atoms with Crippen LogP contribution in [0.5, 0.6) is 5.75 Å². The monoisotopic (exact) mass is 422 g/mol. The van der Waals surface area contributed by atoms with Gasteiger partial charge in [0.2, 0.25) is 11.6 Å². The van der Waals surface area contributed by atoms with Gasteiger partial charge in [0.05, 0.1) is 17.9 Å². The lowest BCUT2D eigenvalue weighted by Crippen LogP contribution is -2.67. The Kier molecular flexibility index (Phi) is 5.22. The summed E-state index contributed by atoms with van der Waals surface area (Å²) < 4.78 is 10.7. The van der Waals surface area contributed by atoms with Crippen LogP contribution in [0.4, 0.5) is 5.69 Å². The number of nitrogens with zero attached hydrogens (tertiary/aromatic N) is 2. The molecule has 0 bridgehead atoms. The van der Waals surface area contributed by atoms with E-state index in [1.807, 2.05) is 6.92 Å². The Morgan fingerprint density at radius 3 is 2.48 bits per heavy atom. The Labute approximate surface area is 179 Å². The highest BCUT2D eigenvalue weighted by Crippen LogP contribution is 2.44. The summed E-state index contributed by atoms with van der Waals surface area (Å²) in [6.45, 7) is 1.87. The van der Waals surface area contributed by atoms with Crippen LogP contribution in [0, 0.1) is 0 Å². The van der Waals surface area contributed by atoms with Crippen molar-refractivity contribution in [2.75, 3.05) is 25.2 Å². The van der Waals surface area contributed by atoms with E-state index in [2.05, 4.69) is 0 Å². The summed E-state index contributed by atoms with van der Waals surface area (Å²) in [7, 11) is 1.47. The minimum absolute atomic E-state index is 0.0912. The summed E-state index contributed by atoms with van der Waals surface area (Å²) in [6, 6.07) is 13.2. The maximum atomic E-state index is 13.2. The maximum absolute atomic E-state index is 13.2. The van der Waals surface area contributed by atoms with E-state index >= 15 is 0 Å². The predicted molar refractivity (Wildman–Crippen MR) is 111 cm³/mol. The third-order valence-corrected chi connectivity index (χ3v) is 5.69. The molecule has 0 aliphatic carbocycles. The summed E-state index contributed by atoms with van der Waals surface area (Å²) in [5.74, 6) is -1.22. The first kappa shape index (κ1) is 20.6. The van der Waals surface area contributed by atoms with Crippen molar-refractivity contribution in [3.8, 4) is 5.75 Å². The number of carbonyl (C=O) groups excluding carboxylic acids is 4. The van der Waals surface area contributed by atoms with Gasteiger partial charge in [-0.25, -0.2) is 4.79 Å². The molecule has 8 nitrogen and oxygen atoms in total. The highest BCUT2D eigenvalue weighted by atomic mass is 16.5. The fourth-order valence-corrected chi connectivity index (χ4v) is 4.12. The summed E-state index contributed by atoms with van der Waals surface area (Å²) in [6.07, 6.45) is 0.187. The van der Waals surface area contributed by atoms with Crippen molar-refractivity contribution in [2.45, 2.75) is 25.4 Å². The standard InChI is InChI=1S/C23H22N2O6/c1-3-30-16-10-8-15(9-11-16)19(26)14-31-22(29)23-13-12-20(27)25(23)18-7-5-4-6-17(18)21(28)24(23)2/h4-11H,3,12-14H2,1-2H3/t23-/m1/s1. The highest BCUT2D eigenvalue weighted by Gasteiger charge is 2.60. The third kappa shape index (κ3) is 3.24. The molecule has 31 heavy (non-hydrogen) atoms. The van der Waals surface area contributed by atoms with E-state index in [0.29, 0.717) is 29.2 Å². The number of ether oxygens (including phenoxy) is 2. The molecule has 2 amide bonds. The molecule has 2 aliphatic heterocycles. The number of ketones is 1. The summed E-state index contributed by atoms with van der Waals surface area (Å²) in [5, 5.41) is 0. The lowest BCUT2D eigenvalue weighted by molar-refractivity contribution is -0.155. The number of esters is 1. The minimum Gasteiger partial charge on any atom is -0.494 e. The number of Topliss-reactive ketones (excluding diaryl/α,β-unsaturated/α-hetero) is 1. The van der Waals surface area contributed by atoms with Gasteiger partial charge in [0.15, 0.2) is 12.4 Å². The molecule has 2 heterocycles. The molecule has 0 N–H and O–H groups in total. The van der Waals surface area contributed by atoms with Crippen molar-refractivity contribution in [3.63, 3.8) is 0 Å². The maximum Gasteiger partial charge on any atom is 0.354 e. The number of rotatable bonds is 6. The molecule has 1 fully saturated rings. The van der Waals surface area contributed by atoms with E-state index in [1.54, 1.807) is 48.5 Å². The van der Waals surface area contributed by atoms with Crippen LogP contribution in [0.25, 0.3) is 0 Å². The van der Waals surface area contributed by atoms with Crippen molar-refractivity contribution in [1.29, 1.82) is 0 Å². The van der Waals surface area contributed by atoms with E-state index in [4.69, 9.17) is 9.47 Å². The molecular formula is C23H22N2O6. The van der Waals surface area contributed by atoms with Crippen molar-refractivity contribution >= 4 is 29.3 Å². The van der Waals surface area contributed by atoms with Gasteiger partial charge in [-0.1, -0.05) is 12.1 Å². The summed E-state index contributed by atoms with van der Waals surface area (Å²) in [5.41, 5.74) is -0.509. The molecule has 4 rings (SSSR count). The van der Waals surface area contributed by atoms with Gasteiger partial charge in [0, 0.05) is 25.5 Å². The second-order valence-corrected chi connectivity index (χ2v) is 7.38. The second kappa shape index (κ2) is 7.86. The minimum atomic E-state index is -1.60. The van der Waals surface area contributed by atoms with Gasteiger partial charge in [0.1, 0.15) is 5.75 Å². The fourth-order valence-electron chi connectivity index (χ4n) is 4.12. The zero-order valence-corrected chi connectivity index (χ0v) is 17.3. The van der Waals surface area contributed by atoms with Gasteiger partial charge in [-0.05, 0) is 43.3 Å². The average molecular weight is 422 g/mol. The zero-order chi connectivity index (χ0) is 22.2. The third-order valence-electron chi connectivity index (χ3n) is 5.69. The lowest BCUT2D eigenvalue weighted by Gasteiger charge is -2.46. The first-order valence-corrected chi connectivity index (χ1v) is 10.0. The van der Waals surface area contributed by atoms with Gasteiger partial charge in [0.25, 0.3) is 5.91 Å². The van der Waals surface area contributed by atoms with E-state index < -0.39 is 24.0 Å². The number of fused-ring (bicyclic) bond motifs is 3. The van der Waals surface area contributed by atoms with Crippen LogP contribution in [0.3, 0.4) is 0 Å². The molecule has 0 unspecified atom stereocenters. The molecule has 0 spiro atoms. The van der Waals surface area contributed by atoms with Crippen molar-refractivity contribution in [1.82, 2.24) is 4.90 Å². The molecule has 0 radical (unpaired) electrons. The smallest absolute Gasteiger partial charge is 0.354 e. The fraction of sp³-hybridized carbons (Fsp3) is 0.304. The van der Waals surface area contributed by atoms with Gasteiger partial charge < -0.3 is 14.4 Å². The molecule has 1 saturated heterocycles. The molecule has 0 saturated carbocycles. The molecule has 8 heteroatoms. The van der Waals surface area contributed by atoms with Crippen LogP contribution in [-0.2, 0) is 14.3 Å². The predicted octanol–water partition coefficient (Wildman–Crippen LogP) is 2.42. The number of hydrogen-bond donors (Lipinski definition) is 0. The van der Waals surface area contributed by atoms with Gasteiger partial charge in [-0.2, -0.15) is 0 Å². The van der Waals surface area contributed by atoms with Gasteiger partial charge in [-0.3, -0.25) is 19.3 Å². The summed E-state index contributed by atoms with van der Waals surface area (Å²) in [4.78, 5) is 53.9. The number of benzene rings is 2. The van der Waals surface area contributed by atoms with E-state index in [-0.39, 0.29) is 24.7 Å². The van der Waals surface area contributed by atoms with Crippen LogP contribution in [0.2, 0.25) is 0 Å². The number of hydrogen-bond acceptors (Lipinski definition) is 6. The molecule has 1 atom stereocenters. The number of carbonyl (C=O) groups is 4. The number of para-hydroxylation sites is 1. The van der Waals surface area contributed by atoms with E-state index in [0.717, 1.165) is 0 Å². The zero-order valence-electron chi connectivity index (χ0n) is 17.3. The molecular weight excluding hydrogens is 400 g/mol. The highest BCUT2D eigenvalue weighted by molar-refractivity contribution is 6.15. The topological polar surface area (TPSA) is 93.2 Å². The van der Waals surface area contributed by atoms with Gasteiger partial charge >= 0.3 is 5.97 Å². The van der Waals surface area contributed by atoms with Crippen LogP contribution in [0.1, 0.15) is 40.5 Å². The first-order valence-electron chi connectivity index (χ1n) is 10.0. The molecule has 2 aliphatic rings. The lowest BCUT2D eigenvalue weighted by atomic mass is 9.97. The Morgan fingerprint density at radius 1 is 1.06 bits per heavy atom. The Hall–Kier alpha value is -3.68. The molecule has 2 aromatic rings. The second-order valence-electron chi connectivity index (χ2n) is 7.38. The van der Waals surface area contributed by atoms with Crippen LogP contribution in [-0.4, -0.2) is 54.4 Å². The van der Waals surface area contributed by atoms with Gasteiger partial charge in [-0.15, -0.1) is 0 Å². The number of likely N-dealkylation sites (N-methyl/N-ethyl adjacent to an activating group) is 1. The number of amides is 2. The van der Waals surface area contributed by atoms with Crippen molar-refractivity contribution in [3.05, 3.63) is 59.7 Å². The normalized spacial score (nSPS) is 19.7. The summed E-state index contributed by atoms with van der Waals surface area (Å²) >= 11 is 0. The Morgan fingerprint density at radius 2 is 1.77 bits per heavy atom. The van der Waals surface area contributed by atoms with Crippen molar-refractivity contribution in [2.24, 2.45) is 0 Å². The average Bonchev–Trinajstić information content (AvgIpc) is 3.15. The van der Waals surface area contributed by atoms with Crippen molar-refractivity contribution < 1.29 is 28.7 Å². The largest absolute Gasteiger partial charge is 0.494 e. The molecule has 2 aromatic carbocycles. The SMILES string of the molecule is CCOc1ccc(C(=O)COC(=O)[C@@]23CCC(=O)N2c2ccccc2C(=O)N3C)cc1. The number of anilines is 1. The Bertz CT molecular complexity index is 1060. The van der Waals surface area contributed by atoms with E-state index in [9.17, 15) is 19.2 Å². The Balaban J connectivity index is 1.56. The van der Waals surface area contributed by atoms with Crippen LogP contribution < -0.4 is 9.64 Å². The van der Waals surface area contributed by atoms with E-state index in [1.165, 1.54) is 16.8 Å². The molecule has 160 valence electrons. The van der Waals surface area contributed by atoms with Crippen LogP contribution in [0.15, 0.2) is 48.5 Å². The molecule has 0 aromatic heterocycles. The van der Waals surface area contributed by atoms with Crippen LogP contribution >= 0.6 is 0 Å². The first-order chi connectivity index (χ1) is 14.9. The quantitative estimate of drug-likeness (QED) is 0.524.